The van der Waals surface area contributed by atoms with E-state index in [1.165, 1.54) is 0 Å². The molecule has 1 rings (SSSR count). The van der Waals surface area contributed by atoms with Gasteiger partial charge in [-0.15, -0.1) is 0 Å². The Morgan fingerprint density at radius 3 is 2.50 bits per heavy atom. The first kappa shape index (κ1) is 16.8. The van der Waals surface area contributed by atoms with Gasteiger partial charge in [-0.1, -0.05) is 13.0 Å². The Labute approximate surface area is 122 Å². The molecule has 1 aromatic rings. The lowest BCUT2D eigenvalue weighted by Crippen LogP contribution is -2.35. The minimum Gasteiger partial charge on any atom is -0.493 e. The second kappa shape index (κ2) is 7.50. The van der Waals surface area contributed by atoms with Gasteiger partial charge in [0.1, 0.15) is 6.61 Å². The molecule has 0 fully saturated rings. The monoisotopic (exact) mass is 281 g/mol. The fourth-order valence-electron chi connectivity index (χ4n) is 1.61. The molecule has 0 heterocycles. The molecule has 1 aromatic carbocycles. The van der Waals surface area contributed by atoms with Crippen LogP contribution in [0.3, 0.4) is 0 Å². The number of benzene rings is 1. The molecule has 2 N–H and O–H groups in total. The Kier molecular flexibility index (Phi) is 6.30. The van der Waals surface area contributed by atoms with Crippen molar-refractivity contribution >= 4 is 0 Å². The van der Waals surface area contributed by atoms with Crippen molar-refractivity contribution in [1.29, 1.82) is 0 Å². The van der Waals surface area contributed by atoms with Gasteiger partial charge in [0.2, 0.25) is 0 Å². The topological polar surface area (TPSA) is 50.7 Å². The van der Waals surface area contributed by atoms with Gasteiger partial charge >= 0.3 is 0 Å². The predicted molar refractivity (Wildman–Crippen MR) is 81.4 cm³/mol. The van der Waals surface area contributed by atoms with E-state index in [9.17, 15) is 5.11 Å². The first-order chi connectivity index (χ1) is 9.35. The molecule has 4 heteroatoms. The van der Waals surface area contributed by atoms with Crippen LogP contribution in [0, 0.1) is 0 Å². The zero-order chi connectivity index (χ0) is 15.2. The fourth-order valence-corrected chi connectivity index (χ4v) is 1.61. The molecule has 1 unspecified atom stereocenters. The molecule has 0 aliphatic carbocycles. The number of ether oxygens (including phenoxy) is 2. The zero-order valence-corrected chi connectivity index (χ0v) is 13.2. The quantitative estimate of drug-likeness (QED) is 0.807. The number of hydrogen-bond donors (Lipinski definition) is 2. The van der Waals surface area contributed by atoms with Crippen LogP contribution in [0.1, 0.15) is 39.7 Å². The molecule has 0 aliphatic rings. The maximum atomic E-state index is 9.58. The van der Waals surface area contributed by atoms with Crippen molar-refractivity contribution in [1.82, 2.24) is 5.32 Å². The summed E-state index contributed by atoms with van der Waals surface area (Å²) in [7, 11) is 1.62. The normalized spacial score (nSPS) is 13.1. The summed E-state index contributed by atoms with van der Waals surface area (Å²) in [5, 5.41) is 13.0. The minimum atomic E-state index is -0.448. The second-order valence-electron chi connectivity index (χ2n) is 5.96. The van der Waals surface area contributed by atoms with Crippen LogP contribution in [0.25, 0.3) is 0 Å². The maximum Gasteiger partial charge on any atom is 0.161 e. The van der Waals surface area contributed by atoms with E-state index in [1.54, 1.807) is 7.11 Å². The average Bonchev–Trinajstić information content (AvgIpc) is 2.41. The largest absolute Gasteiger partial charge is 0.493 e. The van der Waals surface area contributed by atoms with Gasteiger partial charge in [-0.05, 0) is 44.9 Å². The molecule has 0 amide bonds. The molecule has 20 heavy (non-hydrogen) atoms. The molecule has 0 radical (unpaired) electrons. The van der Waals surface area contributed by atoms with Gasteiger partial charge in [-0.25, -0.2) is 0 Å². The smallest absolute Gasteiger partial charge is 0.161 e. The lowest BCUT2D eigenvalue weighted by molar-refractivity contribution is 0.102. The summed E-state index contributed by atoms with van der Waals surface area (Å²) in [4.78, 5) is 0. The first-order valence-corrected chi connectivity index (χ1v) is 7.08. The van der Waals surface area contributed by atoms with E-state index in [0.29, 0.717) is 17.9 Å². The lowest BCUT2D eigenvalue weighted by atomic mass is 10.1. The Hall–Kier alpha value is -1.26. The Morgan fingerprint density at radius 1 is 1.25 bits per heavy atom. The molecule has 114 valence electrons. The molecular formula is C16H27NO3. The third-order valence-corrected chi connectivity index (χ3v) is 2.95. The molecule has 0 aromatic heterocycles. The minimum absolute atomic E-state index is 0.0688. The van der Waals surface area contributed by atoms with Crippen molar-refractivity contribution in [2.24, 2.45) is 0 Å². The van der Waals surface area contributed by atoms with Crippen LogP contribution in [-0.2, 0) is 6.54 Å². The van der Waals surface area contributed by atoms with Gasteiger partial charge in [0, 0.05) is 12.1 Å². The molecule has 4 nitrogen and oxygen atoms in total. The summed E-state index contributed by atoms with van der Waals surface area (Å²) in [6.45, 7) is 9.36. The van der Waals surface area contributed by atoms with Crippen LogP contribution in [0.2, 0.25) is 0 Å². The number of rotatable bonds is 7. The SMILES string of the molecule is CCC(O)COc1cc(CNC(C)(C)C)ccc1OC. The van der Waals surface area contributed by atoms with Gasteiger partial charge < -0.3 is 19.9 Å². The van der Waals surface area contributed by atoms with Crippen molar-refractivity contribution in [2.45, 2.75) is 52.3 Å². The van der Waals surface area contributed by atoms with E-state index in [0.717, 1.165) is 12.1 Å². The van der Waals surface area contributed by atoms with Crippen LogP contribution < -0.4 is 14.8 Å². The maximum absolute atomic E-state index is 9.58. The van der Waals surface area contributed by atoms with Crippen LogP contribution >= 0.6 is 0 Å². The second-order valence-corrected chi connectivity index (χ2v) is 5.96. The number of nitrogens with one attached hydrogen (secondary N) is 1. The van der Waals surface area contributed by atoms with E-state index in [1.807, 2.05) is 25.1 Å². The standard InChI is InChI=1S/C16H27NO3/c1-6-13(18)11-20-15-9-12(7-8-14(15)19-5)10-17-16(2,3)4/h7-9,13,17-18H,6,10-11H2,1-5H3. The highest BCUT2D eigenvalue weighted by atomic mass is 16.5. The van der Waals surface area contributed by atoms with Crippen LogP contribution in [0.4, 0.5) is 0 Å². The van der Waals surface area contributed by atoms with E-state index in [-0.39, 0.29) is 12.1 Å². The molecular weight excluding hydrogens is 254 g/mol. The highest BCUT2D eigenvalue weighted by molar-refractivity contribution is 5.43. The lowest BCUT2D eigenvalue weighted by Gasteiger charge is -2.21. The van der Waals surface area contributed by atoms with E-state index in [2.05, 4.69) is 26.1 Å². The zero-order valence-electron chi connectivity index (χ0n) is 13.2. The van der Waals surface area contributed by atoms with Gasteiger partial charge in [0.15, 0.2) is 11.5 Å². The molecule has 0 saturated heterocycles. The van der Waals surface area contributed by atoms with Crippen molar-refractivity contribution < 1.29 is 14.6 Å². The molecule has 0 saturated carbocycles. The van der Waals surface area contributed by atoms with Crippen molar-refractivity contribution in [2.75, 3.05) is 13.7 Å². The summed E-state index contributed by atoms with van der Waals surface area (Å²) in [5.74, 6) is 1.36. The molecule has 0 spiro atoms. The number of aliphatic hydroxyl groups excluding tert-OH is 1. The first-order valence-electron chi connectivity index (χ1n) is 7.08. The number of hydrogen-bond acceptors (Lipinski definition) is 4. The van der Waals surface area contributed by atoms with Crippen LogP contribution in [0.15, 0.2) is 18.2 Å². The fraction of sp³-hybridized carbons (Fsp3) is 0.625. The predicted octanol–water partition coefficient (Wildman–Crippen LogP) is 2.73. The highest BCUT2D eigenvalue weighted by Gasteiger charge is 2.11. The summed E-state index contributed by atoms with van der Waals surface area (Å²) >= 11 is 0. The Morgan fingerprint density at radius 2 is 1.95 bits per heavy atom. The number of aliphatic hydroxyl groups is 1. The van der Waals surface area contributed by atoms with E-state index >= 15 is 0 Å². The summed E-state index contributed by atoms with van der Waals surface area (Å²) in [6, 6.07) is 5.87. The highest BCUT2D eigenvalue weighted by Crippen LogP contribution is 2.28. The molecule has 0 aliphatic heterocycles. The third kappa shape index (κ3) is 5.80. The van der Waals surface area contributed by atoms with Gasteiger partial charge in [0.25, 0.3) is 0 Å². The summed E-state index contributed by atoms with van der Waals surface area (Å²) in [5.41, 5.74) is 1.20. The Bertz CT molecular complexity index is 413. The van der Waals surface area contributed by atoms with Crippen LogP contribution in [0.5, 0.6) is 11.5 Å². The van der Waals surface area contributed by atoms with Crippen molar-refractivity contribution in [3.8, 4) is 11.5 Å². The summed E-state index contributed by atoms with van der Waals surface area (Å²) in [6.07, 6.45) is 0.226. The van der Waals surface area contributed by atoms with Crippen molar-refractivity contribution in [3.63, 3.8) is 0 Å². The van der Waals surface area contributed by atoms with Crippen molar-refractivity contribution in [3.05, 3.63) is 23.8 Å². The van der Waals surface area contributed by atoms with Gasteiger partial charge in [0.05, 0.1) is 13.2 Å². The van der Waals surface area contributed by atoms with Gasteiger partial charge in [-0.2, -0.15) is 0 Å². The third-order valence-electron chi connectivity index (χ3n) is 2.95. The summed E-state index contributed by atoms with van der Waals surface area (Å²) < 4.78 is 10.9. The molecule has 0 bridgehead atoms. The van der Waals surface area contributed by atoms with Gasteiger partial charge in [-0.3, -0.25) is 0 Å². The van der Waals surface area contributed by atoms with E-state index < -0.39 is 6.10 Å². The molecule has 1 atom stereocenters. The Balaban J connectivity index is 2.74. The van der Waals surface area contributed by atoms with Crippen LogP contribution in [-0.4, -0.2) is 30.5 Å². The number of methoxy groups -OCH3 is 1. The average molecular weight is 281 g/mol. The van der Waals surface area contributed by atoms with E-state index in [4.69, 9.17) is 9.47 Å².